The summed E-state index contributed by atoms with van der Waals surface area (Å²) in [4.78, 5) is 0. The molecular weight excluding hydrogens is 266 g/mol. The molecule has 2 nitrogen and oxygen atoms in total. The topological polar surface area (TPSA) is 24.1 Å². The zero-order valence-electron chi connectivity index (χ0n) is 10.2. The van der Waals surface area contributed by atoms with E-state index in [4.69, 9.17) is 12.2 Å². The third-order valence-corrected chi connectivity index (χ3v) is 2.77. The average molecular weight is 278 g/mol. The molecule has 0 atom stereocenters. The summed E-state index contributed by atoms with van der Waals surface area (Å²) in [5.74, 6) is -0.760. The van der Waals surface area contributed by atoms with Crippen molar-refractivity contribution in [1.29, 1.82) is 0 Å². The minimum atomic E-state index is -0.400. The molecule has 19 heavy (non-hydrogen) atoms. The number of rotatable bonds is 2. The Morgan fingerprint density at radius 3 is 2.42 bits per heavy atom. The van der Waals surface area contributed by atoms with E-state index in [0.717, 1.165) is 5.56 Å². The van der Waals surface area contributed by atoms with Crippen molar-refractivity contribution in [3.63, 3.8) is 0 Å². The number of anilines is 2. The number of hydrogen-bond donors (Lipinski definition) is 2. The molecule has 0 spiro atoms. The third-order valence-electron chi connectivity index (χ3n) is 2.57. The van der Waals surface area contributed by atoms with Crippen molar-refractivity contribution in [2.45, 2.75) is 6.92 Å². The van der Waals surface area contributed by atoms with Gasteiger partial charge in [-0.05, 0) is 49.0 Å². The van der Waals surface area contributed by atoms with Crippen molar-refractivity contribution in [3.05, 3.63) is 59.7 Å². The minimum Gasteiger partial charge on any atom is -0.332 e. The molecule has 2 N–H and O–H groups in total. The highest BCUT2D eigenvalue weighted by Crippen LogP contribution is 2.17. The Morgan fingerprint density at radius 1 is 1.00 bits per heavy atom. The number of halogens is 2. The lowest BCUT2D eigenvalue weighted by atomic mass is 10.2. The summed E-state index contributed by atoms with van der Waals surface area (Å²) in [5.41, 5.74) is 1.67. The van der Waals surface area contributed by atoms with Crippen LogP contribution in [-0.4, -0.2) is 5.11 Å². The Balaban J connectivity index is 2.10. The fourth-order valence-corrected chi connectivity index (χ4v) is 1.79. The molecule has 2 aromatic rings. The summed E-state index contributed by atoms with van der Waals surface area (Å²) in [6.45, 7) is 1.83. The molecule has 0 aliphatic heterocycles. The van der Waals surface area contributed by atoms with E-state index >= 15 is 0 Å². The molecule has 98 valence electrons. The van der Waals surface area contributed by atoms with Gasteiger partial charge in [-0.3, -0.25) is 0 Å². The van der Waals surface area contributed by atoms with Crippen molar-refractivity contribution in [2.75, 3.05) is 10.6 Å². The zero-order valence-corrected chi connectivity index (χ0v) is 11.0. The quantitative estimate of drug-likeness (QED) is 0.809. The summed E-state index contributed by atoms with van der Waals surface area (Å²) in [6, 6.07) is 10.5. The fraction of sp³-hybridized carbons (Fsp3) is 0.0714. The van der Waals surface area contributed by atoms with Gasteiger partial charge in [0, 0.05) is 5.69 Å². The molecule has 0 saturated heterocycles. The second-order valence-corrected chi connectivity index (χ2v) is 4.43. The predicted molar refractivity (Wildman–Crippen MR) is 77.4 cm³/mol. The second-order valence-electron chi connectivity index (χ2n) is 4.02. The molecule has 2 rings (SSSR count). The maximum atomic E-state index is 13.4. The van der Waals surface area contributed by atoms with Crippen molar-refractivity contribution in [1.82, 2.24) is 0 Å². The Labute approximate surface area is 115 Å². The van der Waals surface area contributed by atoms with Gasteiger partial charge in [0.1, 0.15) is 11.6 Å². The predicted octanol–water partition coefficient (Wildman–Crippen LogP) is 4.08. The highest BCUT2D eigenvalue weighted by molar-refractivity contribution is 7.80. The van der Waals surface area contributed by atoms with Crippen LogP contribution in [0.3, 0.4) is 0 Å². The number of hydrogen-bond acceptors (Lipinski definition) is 1. The van der Waals surface area contributed by atoms with Crippen LogP contribution in [0.5, 0.6) is 0 Å². The summed E-state index contributed by atoms with van der Waals surface area (Å²) in [5, 5.41) is 5.78. The van der Waals surface area contributed by atoms with Gasteiger partial charge in [-0.25, -0.2) is 8.78 Å². The van der Waals surface area contributed by atoms with Gasteiger partial charge in [-0.1, -0.05) is 18.2 Å². The maximum Gasteiger partial charge on any atom is 0.175 e. The van der Waals surface area contributed by atoms with E-state index in [0.29, 0.717) is 5.69 Å². The molecule has 0 radical (unpaired) electrons. The molecule has 0 aromatic heterocycles. The first-order chi connectivity index (χ1) is 9.06. The number of para-hydroxylation sites is 1. The van der Waals surface area contributed by atoms with Crippen LogP contribution >= 0.6 is 12.2 Å². The fourth-order valence-electron chi connectivity index (χ4n) is 1.57. The molecule has 0 unspecified atom stereocenters. The minimum absolute atomic E-state index is 0.207. The highest BCUT2D eigenvalue weighted by Gasteiger charge is 2.05. The standard InChI is InChI=1S/C14H12F2N2S/c1-9-6-7-10(15)8-13(9)18-14(19)17-12-5-3-2-4-11(12)16/h2-8H,1H3,(H2,17,18,19). The van der Waals surface area contributed by atoms with Crippen molar-refractivity contribution >= 4 is 28.7 Å². The highest BCUT2D eigenvalue weighted by atomic mass is 32.1. The maximum absolute atomic E-state index is 13.4. The van der Waals surface area contributed by atoms with Crippen LogP contribution in [0.1, 0.15) is 5.56 Å². The molecule has 0 heterocycles. The molecule has 0 aliphatic carbocycles. The van der Waals surface area contributed by atoms with Gasteiger partial charge in [0.25, 0.3) is 0 Å². The van der Waals surface area contributed by atoms with Gasteiger partial charge in [-0.2, -0.15) is 0 Å². The lowest BCUT2D eigenvalue weighted by Crippen LogP contribution is -2.20. The smallest absolute Gasteiger partial charge is 0.175 e. The summed E-state index contributed by atoms with van der Waals surface area (Å²) >= 11 is 5.07. The van der Waals surface area contributed by atoms with E-state index in [1.165, 1.54) is 18.2 Å². The first-order valence-electron chi connectivity index (χ1n) is 5.65. The van der Waals surface area contributed by atoms with E-state index in [2.05, 4.69) is 10.6 Å². The molecular formula is C14H12F2N2S. The van der Waals surface area contributed by atoms with Crippen LogP contribution in [0.25, 0.3) is 0 Å². The normalized spacial score (nSPS) is 10.1. The summed E-state index contributed by atoms with van der Waals surface area (Å²) < 4.78 is 26.5. The van der Waals surface area contributed by atoms with Crippen molar-refractivity contribution in [3.8, 4) is 0 Å². The molecule has 0 saturated carbocycles. The van der Waals surface area contributed by atoms with Crippen LogP contribution in [0.15, 0.2) is 42.5 Å². The molecule has 0 amide bonds. The van der Waals surface area contributed by atoms with Gasteiger partial charge >= 0.3 is 0 Å². The van der Waals surface area contributed by atoms with Gasteiger partial charge in [0.2, 0.25) is 0 Å². The number of nitrogens with one attached hydrogen (secondary N) is 2. The van der Waals surface area contributed by atoms with Crippen LogP contribution in [0, 0.1) is 18.6 Å². The SMILES string of the molecule is Cc1ccc(F)cc1NC(=S)Nc1ccccc1F. The van der Waals surface area contributed by atoms with Crippen LogP contribution < -0.4 is 10.6 Å². The first-order valence-corrected chi connectivity index (χ1v) is 6.06. The summed E-state index contributed by atoms with van der Waals surface area (Å²) in [7, 11) is 0. The van der Waals surface area contributed by atoms with Gasteiger partial charge in [0.05, 0.1) is 5.69 Å². The average Bonchev–Trinajstić information content (AvgIpc) is 2.37. The third kappa shape index (κ3) is 3.48. The van der Waals surface area contributed by atoms with E-state index < -0.39 is 5.82 Å². The van der Waals surface area contributed by atoms with E-state index in [-0.39, 0.29) is 16.6 Å². The number of aryl methyl sites for hydroxylation is 1. The Kier molecular flexibility index (Phi) is 4.06. The largest absolute Gasteiger partial charge is 0.332 e. The van der Waals surface area contributed by atoms with Crippen molar-refractivity contribution in [2.24, 2.45) is 0 Å². The molecule has 0 fully saturated rings. The Bertz CT molecular complexity index is 614. The van der Waals surface area contributed by atoms with Gasteiger partial charge in [-0.15, -0.1) is 0 Å². The molecule has 0 bridgehead atoms. The number of benzene rings is 2. The van der Waals surface area contributed by atoms with Crippen LogP contribution in [0.2, 0.25) is 0 Å². The van der Waals surface area contributed by atoms with Crippen LogP contribution in [0.4, 0.5) is 20.2 Å². The van der Waals surface area contributed by atoms with Crippen LogP contribution in [-0.2, 0) is 0 Å². The van der Waals surface area contributed by atoms with E-state index in [1.54, 1.807) is 24.3 Å². The summed E-state index contributed by atoms with van der Waals surface area (Å²) in [6.07, 6.45) is 0. The van der Waals surface area contributed by atoms with E-state index in [9.17, 15) is 8.78 Å². The monoisotopic (exact) mass is 278 g/mol. The molecule has 2 aromatic carbocycles. The zero-order chi connectivity index (χ0) is 13.8. The van der Waals surface area contributed by atoms with Gasteiger partial charge < -0.3 is 10.6 Å². The van der Waals surface area contributed by atoms with E-state index in [1.807, 2.05) is 6.92 Å². The van der Waals surface area contributed by atoms with Crippen molar-refractivity contribution < 1.29 is 8.78 Å². The molecule has 0 aliphatic rings. The number of thiocarbonyl (C=S) groups is 1. The van der Waals surface area contributed by atoms with Gasteiger partial charge in [0.15, 0.2) is 5.11 Å². The lowest BCUT2D eigenvalue weighted by Gasteiger charge is -2.13. The second kappa shape index (κ2) is 5.75. The first kappa shape index (κ1) is 13.4. The Morgan fingerprint density at radius 2 is 1.68 bits per heavy atom. The Hall–Kier alpha value is -2.01. The molecule has 5 heteroatoms. The lowest BCUT2D eigenvalue weighted by molar-refractivity contribution is 0.628.